The molecule has 7 heteroatoms. The van der Waals surface area contributed by atoms with Gasteiger partial charge in [-0.15, -0.1) is 5.10 Å². The summed E-state index contributed by atoms with van der Waals surface area (Å²) < 4.78 is 12.5. The van der Waals surface area contributed by atoms with Crippen molar-refractivity contribution in [3.63, 3.8) is 0 Å². The summed E-state index contributed by atoms with van der Waals surface area (Å²) >= 11 is 0. The normalized spacial score (nSPS) is 23.1. The average Bonchev–Trinajstić information content (AvgIpc) is 3.28. The number of hydrogen-bond donors (Lipinski definition) is 0. The molecule has 21 heavy (non-hydrogen) atoms. The highest BCUT2D eigenvalue weighted by molar-refractivity contribution is 5.04. The zero-order valence-corrected chi connectivity index (χ0v) is 11.9. The smallest absolute Gasteiger partial charge is 0.229 e. The largest absolute Gasteiger partial charge is 0.381 e. The van der Waals surface area contributed by atoms with Crippen molar-refractivity contribution in [2.75, 3.05) is 13.2 Å². The Hall–Kier alpha value is -1.76. The highest BCUT2D eigenvalue weighted by Crippen LogP contribution is 2.32. The maximum Gasteiger partial charge on any atom is 0.229 e. The van der Waals surface area contributed by atoms with E-state index in [4.69, 9.17) is 9.26 Å². The van der Waals surface area contributed by atoms with E-state index >= 15 is 0 Å². The van der Waals surface area contributed by atoms with Crippen molar-refractivity contribution in [3.05, 3.63) is 23.6 Å². The summed E-state index contributed by atoms with van der Waals surface area (Å²) in [6.45, 7) is 2.07. The lowest BCUT2D eigenvalue weighted by molar-refractivity contribution is 0.193. The second-order valence-electron chi connectivity index (χ2n) is 5.93. The second kappa shape index (κ2) is 5.55. The molecule has 1 saturated carbocycles. The second-order valence-corrected chi connectivity index (χ2v) is 5.93. The zero-order valence-electron chi connectivity index (χ0n) is 11.9. The van der Waals surface area contributed by atoms with Crippen molar-refractivity contribution in [1.29, 1.82) is 0 Å². The Bertz CT molecular complexity index is 544. The standard InChI is InChI=1S/C14H19N5O2/c1-2-4-10(3-1)14-15-13(17-21-14)8-19-7-12(16-18-19)11-5-6-20-9-11/h7,10-11H,1-6,8-9H2/t11-/m0/s1. The van der Waals surface area contributed by atoms with Crippen LogP contribution in [-0.2, 0) is 11.3 Å². The van der Waals surface area contributed by atoms with Crippen LogP contribution in [0.2, 0.25) is 0 Å². The Morgan fingerprint density at radius 1 is 1.19 bits per heavy atom. The van der Waals surface area contributed by atoms with Crippen LogP contribution < -0.4 is 0 Å². The number of aromatic nitrogens is 5. The van der Waals surface area contributed by atoms with E-state index in [9.17, 15) is 0 Å². The first-order valence-corrected chi connectivity index (χ1v) is 7.69. The van der Waals surface area contributed by atoms with Crippen LogP contribution >= 0.6 is 0 Å². The summed E-state index contributed by atoms with van der Waals surface area (Å²) in [5, 5.41) is 12.4. The Labute approximate surface area is 122 Å². The first-order chi connectivity index (χ1) is 10.4. The summed E-state index contributed by atoms with van der Waals surface area (Å²) in [4.78, 5) is 4.50. The molecular weight excluding hydrogens is 270 g/mol. The molecule has 2 aromatic heterocycles. The summed E-state index contributed by atoms with van der Waals surface area (Å²) in [7, 11) is 0. The summed E-state index contributed by atoms with van der Waals surface area (Å²) in [6, 6.07) is 0. The van der Waals surface area contributed by atoms with Crippen molar-refractivity contribution in [1.82, 2.24) is 25.1 Å². The predicted molar refractivity (Wildman–Crippen MR) is 72.8 cm³/mol. The van der Waals surface area contributed by atoms with Crippen LogP contribution in [0.1, 0.15) is 61.3 Å². The molecule has 2 aliphatic rings. The van der Waals surface area contributed by atoms with Gasteiger partial charge in [0.15, 0.2) is 5.82 Å². The van der Waals surface area contributed by atoms with Crippen LogP contribution in [0.3, 0.4) is 0 Å². The lowest BCUT2D eigenvalue weighted by atomic mass is 10.1. The molecule has 0 radical (unpaired) electrons. The molecule has 0 aromatic carbocycles. The van der Waals surface area contributed by atoms with Crippen LogP contribution in [0.25, 0.3) is 0 Å². The van der Waals surface area contributed by atoms with E-state index in [1.165, 1.54) is 12.8 Å². The van der Waals surface area contributed by atoms with Crippen molar-refractivity contribution in [2.24, 2.45) is 0 Å². The Kier molecular flexibility index (Phi) is 3.42. The van der Waals surface area contributed by atoms with Crippen molar-refractivity contribution in [3.8, 4) is 0 Å². The fourth-order valence-electron chi connectivity index (χ4n) is 3.16. The van der Waals surface area contributed by atoms with Gasteiger partial charge in [-0.25, -0.2) is 4.68 Å². The van der Waals surface area contributed by atoms with Crippen molar-refractivity contribution >= 4 is 0 Å². The minimum atomic E-state index is 0.373. The summed E-state index contributed by atoms with van der Waals surface area (Å²) in [5.74, 6) is 2.29. The van der Waals surface area contributed by atoms with E-state index in [0.717, 1.165) is 44.1 Å². The number of nitrogens with zero attached hydrogens (tertiary/aromatic N) is 5. The third kappa shape index (κ3) is 2.70. The SMILES string of the molecule is c1c([C@H]2CCOC2)nnn1Cc1noc(C2CCCC2)n1. The van der Waals surface area contributed by atoms with Gasteiger partial charge in [0.25, 0.3) is 0 Å². The van der Waals surface area contributed by atoms with E-state index in [-0.39, 0.29) is 0 Å². The summed E-state index contributed by atoms with van der Waals surface area (Å²) in [5.41, 5.74) is 0.993. The maximum absolute atomic E-state index is 5.38. The maximum atomic E-state index is 5.38. The molecule has 0 unspecified atom stereocenters. The van der Waals surface area contributed by atoms with E-state index in [1.807, 2.05) is 6.20 Å². The molecule has 3 heterocycles. The number of ether oxygens (including phenoxy) is 1. The molecule has 0 N–H and O–H groups in total. The van der Waals surface area contributed by atoms with Crippen LogP contribution in [0.15, 0.2) is 10.7 Å². The molecule has 4 rings (SSSR count). The first-order valence-electron chi connectivity index (χ1n) is 7.69. The molecular formula is C14H19N5O2. The lowest BCUT2D eigenvalue weighted by Crippen LogP contribution is -2.03. The van der Waals surface area contributed by atoms with Crippen molar-refractivity contribution < 1.29 is 9.26 Å². The Morgan fingerprint density at radius 3 is 2.90 bits per heavy atom. The van der Waals surface area contributed by atoms with Gasteiger partial charge in [-0.05, 0) is 19.3 Å². The lowest BCUT2D eigenvalue weighted by Gasteiger charge is -2.00. The van der Waals surface area contributed by atoms with Crippen LogP contribution in [0, 0.1) is 0 Å². The molecule has 2 fully saturated rings. The van der Waals surface area contributed by atoms with Gasteiger partial charge in [-0.1, -0.05) is 23.2 Å². The molecule has 112 valence electrons. The van der Waals surface area contributed by atoms with Crippen molar-refractivity contribution in [2.45, 2.75) is 50.5 Å². The predicted octanol–water partition coefficient (Wildman–Crippen LogP) is 1.87. The zero-order chi connectivity index (χ0) is 14.1. The molecule has 1 aliphatic carbocycles. The molecule has 0 bridgehead atoms. The third-order valence-electron chi connectivity index (χ3n) is 4.40. The molecule has 2 aromatic rings. The quantitative estimate of drug-likeness (QED) is 0.855. The minimum Gasteiger partial charge on any atom is -0.381 e. The third-order valence-corrected chi connectivity index (χ3v) is 4.40. The fraction of sp³-hybridized carbons (Fsp3) is 0.714. The van der Waals surface area contributed by atoms with E-state index in [0.29, 0.717) is 24.2 Å². The highest BCUT2D eigenvalue weighted by atomic mass is 16.5. The molecule has 1 aliphatic heterocycles. The monoisotopic (exact) mass is 289 g/mol. The fourth-order valence-corrected chi connectivity index (χ4v) is 3.16. The molecule has 1 atom stereocenters. The van der Waals surface area contributed by atoms with Gasteiger partial charge in [0.1, 0.15) is 6.54 Å². The molecule has 7 nitrogen and oxygen atoms in total. The average molecular weight is 289 g/mol. The summed E-state index contributed by atoms with van der Waals surface area (Å²) in [6.07, 6.45) is 7.84. The van der Waals surface area contributed by atoms with E-state index in [1.54, 1.807) is 4.68 Å². The van der Waals surface area contributed by atoms with Gasteiger partial charge >= 0.3 is 0 Å². The van der Waals surface area contributed by atoms with Gasteiger partial charge in [0, 0.05) is 24.6 Å². The molecule has 1 saturated heterocycles. The van der Waals surface area contributed by atoms with Gasteiger partial charge in [-0.3, -0.25) is 0 Å². The minimum absolute atomic E-state index is 0.373. The number of hydrogen-bond acceptors (Lipinski definition) is 6. The Morgan fingerprint density at radius 2 is 2.10 bits per heavy atom. The van der Waals surface area contributed by atoms with Gasteiger partial charge in [0.2, 0.25) is 5.89 Å². The highest BCUT2D eigenvalue weighted by Gasteiger charge is 2.24. The Balaban J connectivity index is 1.43. The van der Waals surface area contributed by atoms with Gasteiger partial charge in [0.05, 0.1) is 12.3 Å². The molecule has 0 spiro atoms. The van der Waals surface area contributed by atoms with Gasteiger partial charge in [-0.2, -0.15) is 4.98 Å². The van der Waals surface area contributed by atoms with Gasteiger partial charge < -0.3 is 9.26 Å². The van der Waals surface area contributed by atoms with Crippen LogP contribution in [0.4, 0.5) is 0 Å². The topological polar surface area (TPSA) is 78.9 Å². The first kappa shape index (κ1) is 12.9. The molecule has 0 amide bonds. The van der Waals surface area contributed by atoms with Crippen LogP contribution in [0.5, 0.6) is 0 Å². The number of rotatable bonds is 4. The van der Waals surface area contributed by atoms with E-state index < -0.39 is 0 Å². The van der Waals surface area contributed by atoms with Crippen LogP contribution in [-0.4, -0.2) is 38.3 Å². The van der Waals surface area contributed by atoms with E-state index in [2.05, 4.69) is 20.5 Å².